The topological polar surface area (TPSA) is 38.7 Å². The molecule has 12 heavy (non-hydrogen) atoms. The number of hydrogen-bond acceptors (Lipinski definition) is 3. The van der Waals surface area contributed by atoms with Crippen LogP contribution in [0.5, 0.6) is 5.75 Å². The van der Waals surface area contributed by atoms with Crippen LogP contribution in [0.2, 0.25) is 0 Å². The van der Waals surface area contributed by atoms with E-state index in [-0.39, 0.29) is 5.75 Å². The Balaban J connectivity index is 2.80. The molecule has 0 saturated heterocycles. The van der Waals surface area contributed by atoms with Crippen molar-refractivity contribution in [1.82, 2.24) is 0 Å². The van der Waals surface area contributed by atoms with Gasteiger partial charge in [-0.05, 0) is 24.3 Å². The molecule has 0 amide bonds. The van der Waals surface area contributed by atoms with Gasteiger partial charge < -0.3 is 14.6 Å². The molecule has 0 aliphatic heterocycles. The molecule has 3 nitrogen and oxygen atoms in total. The van der Waals surface area contributed by atoms with Gasteiger partial charge in [0.05, 0.1) is 0 Å². The van der Waals surface area contributed by atoms with Gasteiger partial charge in [0, 0.05) is 19.8 Å². The van der Waals surface area contributed by atoms with Crippen LogP contribution in [0.1, 0.15) is 5.56 Å². The van der Waals surface area contributed by atoms with Crippen LogP contribution in [0.15, 0.2) is 24.3 Å². The second-order valence-electron chi connectivity index (χ2n) is 2.24. The minimum Gasteiger partial charge on any atom is -0.508 e. The highest BCUT2D eigenvalue weighted by Gasteiger charge is 2.09. The Labute approximate surface area is 71.5 Å². The molecule has 3 heteroatoms. The normalized spacial score (nSPS) is 10.6. The molecule has 0 saturated carbocycles. The van der Waals surface area contributed by atoms with Crippen LogP contribution in [0, 0.1) is 6.29 Å². The largest absolute Gasteiger partial charge is 0.508 e. The quantitative estimate of drug-likeness (QED) is 0.741. The van der Waals surface area contributed by atoms with Crippen molar-refractivity contribution in [2.75, 3.05) is 14.2 Å². The molecule has 65 valence electrons. The van der Waals surface area contributed by atoms with Gasteiger partial charge in [-0.2, -0.15) is 0 Å². The average molecular weight is 167 g/mol. The van der Waals surface area contributed by atoms with Crippen molar-refractivity contribution in [1.29, 1.82) is 0 Å². The Morgan fingerprint density at radius 1 is 1.08 bits per heavy atom. The monoisotopic (exact) mass is 167 g/mol. The molecule has 0 fully saturated rings. The minimum absolute atomic E-state index is 0.227. The molecule has 0 spiro atoms. The fourth-order valence-corrected chi connectivity index (χ4v) is 0.917. The van der Waals surface area contributed by atoms with E-state index in [1.54, 1.807) is 24.3 Å². The summed E-state index contributed by atoms with van der Waals surface area (Å²) >= 11 is 0. The standard InChI is InChI=1S/C9H11O3/c1-11-9(12-2)7-3-5-8(10)6-4-7/h3-6,10H,1-2H3. The van der Waals surface area contributed by atoms with Crippen LogP contribution in [-0.2, 0) is 9.47 Å². The number of aromatic hydroxyl groups is 1. The Morgan fingerprint density at radius 3 is 2.00 bits per heavy atom. The molecule has 1 aromatic carbocycles. The van der Waals surface area contributed by atoms with Gasteiger partial charge in [-0.25, -0.2) is 0 Å². The Kier molecular flexibility index (Phi) is 3.08. The number of phenols is 1. The Bertz CT molecular complexity index is 226. The first kappa shape index (κ1) is 9.03. The van der Waals surface area contributed by atoms with E-state index in [0.717, 1.165) is 5.56 Å². The van der Waals surface area contributed by atoms with Gasteiger partial charge in [0.25, 0.3) is 6.29 Å². The van der Waals surface area contributed by atoms with E-state index in [1.165, 1.54) is 14.2 Å². The molecule has 0 aromatic heterocycles. The lowest BCUT2D eigenvalue weighted by atomic mass is 10.2. The third-order valence-electron chi connectivity index (χ3n) is 1.47. The zero-order valence-corrected chi connectivity index (χ0v) is 7.07. The van der Waals surface area contributed by atoms with E-state index in [4.69, 9.17) is 14.6 Å². The number of phenolic OH excluding ortho intramolecular Hbond substituents is 1. The lowest BCUT2D eigenvalue weighted by Crippen LogP contribution is -2.03. The number of benzene rings is 1. The van der Waals surface area contributed by atoms with E-state index >= 15 is 0 Å². The summed E-state index contributed by atoms with van der Waals surface area (Å²) in [5.74, 6) is 0.227. The maximum Gasteiger partial charge on any atom is 0.255 e. The van der Waals surface area contributed by atoms with Crippen molar-refractivity contribution in [2.24, 2.45) is 0 Å². The second kappa shape index (κ2) is 4.09. The molecule has 0 heterocycles. The van der Waals surface area contributed by atoms with Gasteiger partial charge in [0.1, 0.15) is 5.75 Å². The fourth-order valence-electron chi connectivity index (χ4n) is 0.917. The SMILES string of the molecule is CO[C](OC)c1ccc(O)cc1. The molecular weight excluding hydrogens is 156 g/mol. The first-order valence-electron chi connectivity index (χ1n) is 3.52. The van der Waals surface area contributed by atoms with Crippen molar-refractivity contribution < 1.29 is 14.6 Å². The molecule has 1 rings (SSSR count). The lowest BCUT2D eigenvalue weighted by molar-refractivity contribution is 0.0269. The van der Waals surface area contributed by atoms with Crippen molar-refractivity contribution in [3.8, 4) is 5.75 Å². The molecule has 1 aromatic rings. The third-order valence-corrected chi connectivity index (χ3v) is 1.47. The predicted octanol–water partition coefficient (Wildman–Crippen LogP) is 1.52. The Morgan fingerprint density at radius 2 is 1.58 bits per heavy atom. The maximum absolute atomic E-state index is 8.99. The van der Waals surface area contributed by atoms with Gasteiger partial charge in [-0.3, -0.25) is 0 Å². The van der Waals surface area contributed by atoms with Crippen LogP contribution in [0.25, 0.3) is 0 Å². The first-order chi connectivity index (χ1) is 5.77. The number of rotatable bonds is 3. The highest BCUT2D eigenvalue weighted by molar-refractivity contribution is 5.30. The van der Waals surface area contributed by atoms with Gasteiger partial charge in [-0.1, -0.05) is 0 Å². The zero-order valence-electron chi connectivity index (χ0n) is 7.07. The molecule has 0 aliphatic carbocycles. The maximum atomic E-state index is 8.99. The van der Waals surface area contributed by atoms with Gasteiger partial charge in [-0.15, -0.1) is 0 Å². The lowest BCUT2D eigenvalue weighted by Gasteiger charge is -2.10. The average Bonchev–Trinajstić information content (AvgIpc) is 2.10. The van der Waals surface area contributed by atoms with Crippen LogP contribution >= 0.6 is 0 Å². The smallest absolute Gasteiger partial charge is 0.255 e. The molecule has 0 unspecified atom stereocenters. The summed E-state index contributed by atoms with van der Waals surface area (Å²) in [6.07, 6.45) is 0.440. The molecule has 0 atom stereocenters. The second-order valence-corrected chi connectivity index (χ2v) is 2.24. The molecule has 0 aliphatic rings. The van der Waals surface area contributed by atoms with E-state index in [9.17, 15) is 0 Å². The summed E-state index contributed by atoms with van der Waals surface area (Å²) in [7, 11) is 3.07. The van der Waals surface area contributed by atoms with Gasteiger partial charge >= 0.3 is 0 Å². The van der Waals surface area contributed by atoms with E-state index in [2.05, 4.69) is 0 Å². The predicted molar refractivity (Wildman–Crippen MR) is 44.5 cm³/mol. The minimum atomic E-state index is 0.227. The van der Waals surface area contributed by atoms with Crippen molar-refractivity contribution in [3.63, 3.8) is 0 Å². The zero-order chi connectivity index (χ0) is 8.97. The summed E-state index contributed by atoms with van der Waals surface area (Å²) in [6, 6.07) is 6.59. The Hall–Kier alpha value is -1.06. The van der Waals surface area contributed by atoms with Gasteiger partial charge in [0.2, 0.25) is 0 Å². The van der Waals surface area contributed by atoms with E-state index < -0.39 is 0 Å². The highest BCUT2D eigenvalue weighted by Crippen LogP contribution is 2.18. The molecular formula is C9H11O3. The van der Waals surface area contributed by atoms with E-state index in [1.807, 2.05) is 0 Å². The third kappa shape index (κ3) is 1.96. The summed E-state index contributed by atoms with van der Waals surface area (Å²) in [5.41, 5.74) is 0.804. The summed E-state index contributed by atoms with van der Waals surface area (Å²) in [4.78, 5) is 0. The van der Waals surface area contributed by atoms with Crippen LogP contribution in [0.3, 0.4) is 0 Å². The number of hydrogen-bond donors (Lipinski definition) is 1. The van der Waals surface area contributed by atoms with Crippen LogP contribution < -0.4 is 0 Å². The van der Waals surface area contributed by atoms with Gasteiger partial charge in [0.15, 0.2) is 0 Å². The number of methoxy groups -OCH3 is 2. The summed E-state index contributed by atoms with van der Waals surface area (Å²) < 4.78 is 9.88. The van der Waals surface area contributed by atoms with Crippen molar-refractivity contribution >= 4 is 0 Å². The van der Waals surface area contributed by atoms with E-state index in [0.29, 0.717) is 6.29 Å². The molecule has 1 radical (unpaired) electrons. The summed E-state index contributed by atoms with van der Waals surface area (Å²) in [5, 5.41) is 8.99. The van der Waals surface area contributed by atoms with Crippen LogP contribution in [0.4, 0.5) is 0 Å². The van der Waals surface area contributed by atoms with Crippen molar-refractivity contribution in [2.45, 2.75) is 0 Å². The van der Waals surface area contributed by atoms with Crippen molar-refractivity contribution in [3.05, 3.63) is 36.1 Å². The number of ether oxygens (including phenoxy) is 2. The molecule has 0 bridgehead atoms. The first-order valence-corrected chi connectivity index (χ1v) is 3.52. The fraction of sp³-hybridized carbons (Fsp3) is 0.222. The van der Waals surface area contributed by atoms with Crippen LogP contribution in [-0.4, -0.2) is 19.3 Å². The highest BCUT2D eigenvalue weighted by atomic mass is 16.7. The molecule has 1 N–H and O–H groups in total. The summed E-state index contributed by atoms with van der Waals surface area (Å²) in [6.45, 7) is 0.